The van der Waals surface area contributed by atoms with Crippen molar-refractivity contribution in [2.75, 3.05) is 0 Å². The fourth-order valence-corrected chi connectivity index (χ4v) is 3.92. The zero-order valence-electron chi connectivity index (χ0n) is 16.2. The highest BCUT2D eigenvalue weighted by Crippen LogP contribution is 2.33. The van der Waals surface area contributed by atoms with Gasteiger partial charge in [0, 0.05) is 42.8 Å². The van der Waals surface area contributed by atoms with Crippen LogP contribution in [0.4, 0.5) is 0 Å². The number of hydrogen-bond donors (Lipinski definition) is 2. The average Bonchev–Trinajstić information content (AvgIpc) is 3.49. The molecule has 2 unspecified atom stereocenters. The summed E-state index contributed by atoms with van der Waals surface area (Å²) < 4.78 is 4.25. The summed E-state index contributed by atoms with van der Waals surface area (Å²) in [5.74, 6) is 0.647. The second kappa shape index (κ2) is 7.62. The maximum atomic E-state index is 4.80. The summed E-state index contributed by atoms with van der Waals surface area (Å²) >= 11 is 0. The normalized spacial score (nSPS) is 18.9. The van der Waals surface area contributed by atoms with Gasteiger partial charge in [-0.1, -0.05) is 30.3 Å². The van der Waals surface area contributed by atoms with Gasteiger partial charge >= 0.3 is 0 Å². The highest BCUT2D eigenvalue weighted by atomic mass is 15.4. The van der Waals surface area contributed by atoms with Crippen molar-refractivity contribution in [3.05, 3.63) is 73.4 Å². The predicted octanol–water partition coefficient (Wildman–Crippen LogP) is 3.05. The van der Waals surface area contributed by atoms with Crippen LogP contribution in [0.3, 0.4) is 0 Å². The Balaban J connectivity index is 1.63. The van der Waals surface area contributed by atoms with Crippen LogP contribution in [0.25, 0.3) is 28.6 Å². The molecule has 146 valence electrons. The zero-order chi connectivity index (χ0) is 19.6. The van der Waals surface area contributed by atoms with Crippen LogP contribution in [0.15, 0.2) is 73.4 Å². The molecule has 0 saturated carbocycles. The van der Waals surface area contributed by atoms with Crippen LogP contribution < -0.4 is 10.9 Å². The maximum Gasteiger partial charge on any atom is 0.234 e. The second-order valence-electron chi connectivity index (χ2n) is 7.39. The van der Waals surface area contributed by atoms with Gasteiger partial charge in [0.25, 0.3) is 0 Å². The third kappa shape index (κ3) is 3.46. The number of benzene rings is 1. The highest BCUT2D eigenvalue weighted by molar-refractivity contribution is 5.77. The molecular weight excluding hydrogens is 362 g/mol. The first kappa shape index (κ1) is 17.8. The van der Waals surface area contributed by atoms with E-state index in [4.69, 9.17) is 4.98 Å². The molecule has 29 heavy (non-hydrogen) atoms. The highest BCUT2D eigenvalue weighted by Gasteiger charge is 2.24. The van der Waals surface area contributed by atoms with E-state index < -0.39 is 0 Å². The molecule has 1 aromatic carbocycles. The lowest BCUT2D eigenvalue weighted by Gasteiger charge is -2.16. The topological polar surface area (TPSA) is 72.6 Å². The lowest BCUT2D eigenvalue weighted by molar-refractivity contribution is 0.483. The van der Waals surface area contributed by atoms with Crippen LogP contribution in [0, 0.1) is 0 Å². The van der Waals surface area contributed by atoms with Crippen molar-refractivity contribution in [2.45, 2.75) is 32.0 Å². The molecule has 5 rings (SSSR count). The number of hydrogen-bond acceptors (Lipinski definition) is 5. The molecule has 7 heteroatoms. The molecule has 0 bridgehead atoms. The largest absolute Gasteiger partial charge is 0.327 e. The Labute approximate surface area is 169 Å². The molecular formula is C22H23N7. The van der Waals surface area contributed by atoms with Crippen molar-refractivity contribution in [1.82, 2.24) is 34.9 Å². The second-order valence-corrected chi connectivity index (χ2v) is 7.39. The molecule has 0 radical (unpaired) electrons. The van der Waals surface area contributed by atoms with Crippen molar-refractivity contribution < 1.29 is 0 Å². The Hall–Kier alpha value is -3.29. The smallest absolute Gasteiger partial charge is 0.234 e. The van der Waals surface area contributed by atoms with Gasteiger partial charge < -0.3 is 4.57 Å². The van der Waals surface area contributed by atoms with Gasteiger partial charge in [-0.2, -0.15) is 0 Å². The molecule has 4 heterocycles. The van der Waals surface area contributed by atoms with Gasteiger partial charge in [-0.05, 0) is 31.5 Å². The van der Waals surface area contributed by atoms with Gasteiger partial charge in [-0.25, -0.2) is 15.0 Å². The van der Waals surface area contributed by atoms with E-state index in [9.17, 15) is 0 Å². The Morgan fingerprint density at radius 1 is 0.966 bits per heavy atom. The molecule has 2 atom stereocenters. The first-order valence-corrected chi connectivity index (χ1v) is 9.86. The number of hydrazine groups is 1. The van der Waals surface area contributed by atoms with Crippen molar-refractivity contribution in [3.8, 4) is 28.6 Å². The van der Waals surface area contributed by atoms with Crippen LogP contribution in [0.5, 0.6) is 0 Å². The Bertz CT molecular complexity index is 1080. The molecule has 0 spiro atoms. The van der Waals surface area contributed by atoms with Gasteiger partial charge in [-0.3, -0.25) is 15.4 Å². The fraction of sp³-hybridized carbons (Fsp3) is 0.227. The zero-order valence-corrected chi connectivity index (χ0v) is 16.2. The van der Waals surface area contributed by atoms with E-state index in [0.717, 1.165) is 35.6 Å². The molecule has 1 aliphatic heterocycles. The van der Waals surface area contributed by atoms with E-state index in [-0.39, 0.29) is 0 Å². The molecule has 3 aromatic heterocycles. The van der Waals surface area contributed by atoms with Crippen LogP contribution in [-0.4, -0.2) is 36.2 Å². The molecule has 4 aromatic rings. The van der Waals surface area contributed by atoms with Gasteiger partial charge in [0.2, 0.25) is 5.95 Å². The Morgan fingerprint density at radius 2 is 1.79 bits per heavy atom. The van der Waals surface area contributed by atoms with Crippen molar-refractivity contribution >= 4 is 0 Å². The number of rotatable bonds is 5. The number of nitrogens with one attached hydrogen (secondary N) is 2. The van der Waals surface area contributed by atoms with Crippen molar-refractivity contribution in [2.24, 2.45) is 0 Å². The third-order valence-electron chi connectivity index (χ3n) is 5.23. The summed E-state index contributed by atoms with van der Waals surface area (Å²) in [6, 6.07) is 17.1. The fourth-order valence-electron chi connectivity index (χ4n) is 3.92. The lowest BCUT2D eigenvalue weighted by Crippen LogP contribution is -2.34. The van der Waals surface area contributed by atoms with E-state index in [1.807, 2.05) is 47.4 Å². The molecule has 1 saturated heterocycles. The number of imidazole rings is 1. The SMILES string of the molecule is CC1CC(Cn2cnc(-c3ccccc3)c2-c2cccn2-c2ncccn2)NN1. The molecule has 0 aliphatic carbocycles. The van der Waals surface area contributed by atoms with E-state index in [1.54, 1.807) is 12.4 Å². The van der Waals surface area contributed by atoms with E-state index in [1.165, 1.54) is 0 Å². The van der Waals surface area contributed by atoms with Crippen molar-refractivity contribution in [1.29, 1.82) is 0 Å². The summed E-state index contributed by atoms with van der Waals surface area (Å²) in [7, 11) is 0. The van der Waals surface area contributed by atoms with Crippen LogP contribution >= 0.6 is 0 Å². The first-order valence-electron chi connectivity index (χ1n) is 9.86. The van der Waals surface area contributed by atoms with Crippen LogP contribution in [-0.2, 0) is 6.54 Å². The van der Waals surface area contributed by atoms with Crippen LogP contribution in [0.1, 0.15) is 13.3 Å². The molecule has 1 fully saturated rings. The van der Waals surface area contributed by atoms with E-state index >= 15 is 0 Å². The maximum absolute atomic E-state index is 4.80. The van der Waals surface area contributed by atoms with Gasteiger partial charge in [-0.15, -0.1) is 0 Å². The summed E-state index contributed by atoms with van der Waals surface area (Å²) in [5.41, 5.74) is 10.8. The molecule has 0 amide bonds. The average molecular weight is 385 g/mol. The van der Waals surface area contributed by atoms with Gasteiger partial charge in [0.15, 0.2) is 0 Å². The van der Waals surface area contributed by atoms with Crippen molar-refractivity contribution in [3.63, 3.8) is 0 Å². The van der Waals surface area contributed by atoms with E-state index in [2.05, 4.69) is 50.5 Å². The van der Waals surface area contributed by atoms with Gasteiger partial charge in [0.1, 0.15) is 0 Å². The molecule has 7 nitrogen and oxygen atoms in total. The minimum atomic E-state index is 0.345. The van der Waals surface area contributed by atoms with Crippen LogP contribution in [0.2, 0.25) is 0 Å². The minimum absolute atomic E-state index is 0.345. The third-order valence-corrected chi connectivity index (χ3v) is 5.23. The minimum Gasteiger partial charge on any atom is -0.327 e. The summed E-state index contributed by atoms with van der Waals surface area (Å²) in [6.45, 7) is 3.02. The number of nitrogens with zero attached hydrogens (tertiary/aromatic N) is 5. The van der Waals surface area contributed by atoms with Gasteiger partial charge in [0.05, 0.1) is 23.4 Å². The summed E-state index contributed by atoms with van der Waals surface area (Å²) in [4.78, 5) is 13.7. The Morgan fingerprint density at radius 3 is 2.55 bits per heavy atom. The molecule has 2 N–H and O–H groups in total. The van der Waals surface area contributed by atoms with E-state index in [0.29, 0.717) is 18.0 Å². The monoisotopic (exact) mass is 385 g/mol. The molecule has 1 aliphatic rings. The summed E-state index contributed by atoms with van der Waals surface area (Å²) in [5, 5.41) is 0. The first-order chi connectivity index (χ1) is 14.3. The quantitative estimate of drug-likeness (QED) is 0.552. The predicted molar refractivity (Wildman–Crippen MR) is 112 cm³/mol. The number of aromatic nitrogens is 5. The lowest BCUT2D eigenvalue weighted by atomic mass is 10.1. The summed E-state index contributed by atoms with van der Waals surface area (Å²) in [6.07, 6.45) is 8.52. The Kier molecular flexibility index (Phi) is 4.67. The standard InChI is InChI=1S/C22H23N7/c1-16-13-18(27-26-16)14-28-15-25-20(17-7-3-2-4-8-17)21(28)19-9-5-12-29(19)22-23-10-6-11-24-22/h2-12,15-16,18,26-27H,13-14H2,1H3.